The van der Waals surface area contributed by atoms with Crippen molar-refractivity contribution < 1.29 is 8.42 Å². The van der Waals surface area contributed by atoms with Crippen molar-refractivity contribution >= 4 is 38.0 Å². The maximum Gasteiger partial charge on any atom is 0.271 e. The standard InChI is InChI=1S/C11H9N3O2S2/c15-18(16,10-5-2-6-17-10)14-9-4-1-3-8-7-12-13-11(8)9/h1-7,14H,(H,12,13). The molecule has 0 amide bonds. The van der Waals surface area contributed by atoms with Gasteiger partial charge >= 0.3 is 0 Å². The molecular formula is C11H9N3O2S2. The van der Waals surface area contributed by atoms with E-state index in [-0.39, 0.29) is 0 Å². The molecule has 2 heterocycles. The van der Waals surface area contributed by atoms with E-state index in [0.29, 0.717) is 15.4 Å². The summed E-state index contributed by atoms with van der Waals surface area (Å²) in [5.74, 6) is 0. The monoisotopic (exact) mass is 279 g/mol. The molecule has 0 bridgehead atoms. The zero-order valence-electron chi connectivity index (χ0n) is 9.12. The van der Waals surface area contributed by atoms with E-state index < -0.39 is 10.0 Å². The molecule has 3 aromatic rings. The number of nitrogens with zero attached hydrogens (tertiary/aromatic N) is 1. The average molecular weight is 279 g/mol. The minimum Gasteiger partial charge on any atom is -0.277 e. The van der Waals surface area contributed by atoms with Crippen LogP contribution in [0.4, 0.5) is 5.69 Å². The van der Waals surface area contributed by atoms with Crippen LogP contribution in [0.1, 0.15) is 0 Å². The van der Waals surface area contributed by atoms with Gasteiger partial charge in [-0.2, -0.15) is 5.10 Å². The molecule has 0 radical (unpaired) electrons. The van der Waals surface area contributed by atoms with Crippen LogP contribution in [0.3, 0.4) is 0 Å². The van der Waals surface area contributed by atoms with Gasteiger partial charge in [-0.05, 0) is 17.5 Å². The minimum atomic E-state index is -3.52. The van der Waals surface area contributed by atoms with Crippen LogP contribution >= 0.6 is 11.3 Å². The van der Waals surface area contributed by atoms with E-state index >= 15 is 0 Å². The summed E-state index contributed by atoms with van der Waals surface area (Å²) in [5, 5.41) is 9.27. The van der Waals surface area contributed by atoms with Gasteiger partial charge in [-0.3, -0.25) is 9.82 Å². The Balaban J connectivity index is 2.05. The first kappa shape index (κ1) is 11.2. The van der Waals surface area contributed by atoms with Crippen LogP contribution in [0.25, 0.3) is 10.9 Å². The summed E-state index contributed by atoms with van der Waals surface area (Å²) in [4.78, 5) is 0. The third-order valence-electron chi connectivity index (χ3n) is 2.48. The summed E-state index contributed by atoms with van der Waals surface area (Å²) in [5.41, 5.74) is 1.18. The number of hydrogen-bond acceptors (Lipinski definition) is 4. The zero-order chi connectivity index (χ0) is 12.6. The van der Waals surface area contributed by atoms with Crippen molar-refractivity contribution in [1.29, 1.82) is 0 Å². The third kappa shape index (κ3) is 1.87. The second-order valence-corrected chi connectivity index (χ2v) is 6.53. The highest BCUT2D eigenvalue weighted by Crippen LogP contribution is 2.25. The normalized spacial score (nSPS) is 11.8. The molecule has 3 rings (SSSR count). The Morgan fingerprint density at radius 1 is 1.22 bits per heavy atom. The first-order valence-corrected chi connectivity index (χ1v) is 7.51. The molecule has 0 saturated carbocycles. The van der Waals surface area contributed by atoms with E-state index in [9.17, 15) is 8.42 Å². The molecule has 0 spiro atoms. The predicted molar refractivity (Wildman–Crippen MR) is 71.2 cm³/mol. The van der Waals surface area contributed by atoms with E-state index in [2.05, 4.69) is 14.9 Å². The molecule has 0 aliphatic carbocycles. The summed E-state index contributed by atoms with van der Waals surface area (Å²) >= 11 is 1.18. The molecule has 0 aliphatic rings. The van der Waals surface area contributed by atoms with Crippen LogP contribution in [-0.4, -0.2) is 18.6 Å². The lowest BCUT2D eigenvalue weighted by atomic mass is 10.2. The Labute approximate surface area is 108 Å². The fourth-order valence-electron chi connectivity index (χ4n) is 1.67. The summed E-state index contributed by atoms with van der Waals surface area (Å²) < 4.78 is 27.0. The number of hydrogen-bond donors (Lipinski definition) is 2. The number of fused-ring (bicyclic) bond motifs is 1. The molecule has 0 saturated heterocycles. The van der Waals surface area contributed by atoms with Crippen molar-refractivity contribution in [3.05, 3.63) is 41.9 Å². The van der Waals surface area contributed by atoms with Gasteiger partial charge in [0.15, 0.2) is 0 Å². The molecule has 18 heavy (non-hydrogen) atoms. The van der Waals surface area contributed by atoms with Crippen LogP contribution in [0.5, 0.6) is 0 Å². The smallest absolute Gasteiger partial charge is 0.271 e. The fraction of sp³-hybridized carbons (Fsp3) is 0. The molecule has 92 valence electrons. The Morgan fingerprint density at radius 2 is 2.11 bits per heavy atom. The van der Waals surface area contributed by atoms with Crippen molar-refractivity contribution in [3.63, 3.8) is 0 Å². The Hall–Kier alpha value is -1.86. The largest absolute Gasteiger partial charge is 0.277 e. The van der Waals surface area contributed by atoms with Crippen molar-refractivity contribution in [2.24, 2.45) is 0 Å². The van der Waals surface area contributed by atoms with E-state index in [1.807, 2.05) is 6.07 Å². The first-order valence-electron chi connectivity index (χ1n) is 5.15. The van der Waals surface area contributed by atoms with E-state index in [4.69, 9.17) is 0 Å². The molecule has 1 aromatic carbocycles. The first-order chi connectivity index (χ1) is 8.67. The molecule has 0 atom stereocenters. The zero-order valence-corrected chi connectivity index (χ0v) is 10.8. The van der Waals surface area contributed by atoms with Gasteiger partial charge in [-0.25, -0.2) is 8.42 Å². The molecule has 7 heteroatoms. The molecular weight excluding hydrogens is 270 g/mol. The van der Waals surface area contributed by atoms with Crippen LogP contribution in [0.2, 0.25) is 0 Å². The Bertz CT molecular complexity index is 776. The Kier molecular flexibility index (Phi) is 2.57. The highest BCUT2D eigenvalue weighted by Gasteiger charge is 2.16. The SMILES string of the molecule is O=S(=O)(Nc1cccc2cn[nH]c12)c1cccs1. The van der Waals surface area contributed by atoms with Gasteiger partial charge in [-0.1, -0.05) is 18.2 Å². The van der Waals surface area contributed by atoms with Crippen LogP contribution in [0.15, 0.2) is 46.1 Å². The second-order valence-electron chi connectivity index (χ2n) is 3.68. The predicted octanol–water partition coefficient (Wildman–Crippen LogP) is 2.43. The Morgan fingerprint density at radius 3 is 2.89 bits per heavy atom. The fourth-order valence-corrected chi connectivity index (χ4v) is 3.73. The molecule has 0 unspecified atom stereocenters. The molecule has 5 nitrogen and oxygen atoms in total. The van der Waals surface area contributed by atoms with Gasteiger partial charge in [0, 0.05) is 5.39 Å². The average Bonchev–Trinajstić information content (AvgIpc) is 3.00. The summed E-state index contributed by atoms with van der Waals surface area (Å²) in [6.07, 6.45) is 1.65. The summed E-state index contributed by atoms with van der Waals surface area (Å²) in [7, 11) is -3.52. The lowest BCUT2D eigenvalue weighted by Crippen LogP contribution is -2.11. The van der Waals surface area contributed by atoms with Gasteiger partial charge in [0.1, 0.15) is 4.21 Å². The maximum atomic E-state index is 12.1. The highest BCUT2D eigenvalue weighted by molar-refractivity contribution is 7.94. The quantitative estimate of drug-likeness (QED) is 0.773. The third-order valence-corrected chi connectivity index (χ3v) is 5.24. The number of aromatic amines is 1. The van der Waals surface area contributed by atoms with Crippen molar-refractivity contribution in [1.82, 2.24) is 10.2 Å². The van der Waals surface area contributed by atoms with Crippen molar-refractivity contribution in [3.8, 4) is 0 Å². The molecule has 0 fully saturated rings. The van der Waals surface area contributed by atoms with Gasteiger partial charge in [0.25, 0.3) is 10.0 Å². The maximum absolute atomic E-state index is 12.1. The van der Waals surface area contributed by atoms with Gasteiger partial charge in [0.05, 0.1) is 17.4 Å². The molecule has 2 N–H and O–H groups in total. The number of benzene rings is 1. The highest BCUT2D eigenvalue weighted by atomic mass is 32.2. The van der Waals surface area contributed by atoms with Gasteiger partial charge in [0.2, 0.25) is 0 Å². The van der Waals surface area contributed by atoms with Gasteiger partial charge in [-0.15, -0.1) is 11.3 Å². The molecule has 2 aromatic heterocycles. The number of thiophene rings is 1. The van der Waals surface area contributed by atoms with Crippen molar-refractivity contribution in [2.75, 3.05) is 4.72 Å². The number of para-hydroxylation sites is 1. The van der Waals surface area contributed by atoms with E-state index in [0.717, 1.165) is 5.39 Å². The number of anilines is 1. The summed E-state index contributed by atoms with van der Waals surface area (Å²) in [6.45, 7) is 0. The second kappa shape index (κ2) is 4.11. The topological polar surface area (TPSA) is 74.8 Å². The lowest BCUT2D eigenvalue weighted by Gasteiger charge is -2.06. The summed E-state index contributed by atoms with van der Waals surface area (Å²) in [6, 6.07) is 8.62. The van der Waals surface area contributed by atoms with Crippen LogP contribution in [-0.2, 0) is 10.0 Å². The number of H-pyrrole nitrogens is 1. The lowest BCUT2D eigenvalue weighted by molar-refractivity contribution is 0.603. The number of rotatable bonds is 3. The van der Waals surface area contributed by atoms with Crippen LogP contribution in [0, 0.1) is 0 Å². The minimum absolute atomic E-state index is 0.291. The van der Waals surface area contributed by atoms with Gasteiger partial charge < -0.3 is 0 Å². The molecule has 0 aliphatic heterocycles. The number of sulfonamides is 1. The van der Waals surface area contributed by atoms with Crippen LogP contribution < -0.4 is 4.72 Å². The van der Waals surface area contributed by atoms with E-state index in [1.165, 1.54) is 11.3 Å². The van der Waals surface area contributed by atoms with E-state index in [1.54, 1.807) is 35.8 Å². The number of aromatic nitrogens is 2. The number of nitrogens with one attached hydrogen (secondary N) is 2. The van der Waals surface area contributed by atoms with Crippen molar-refractivity contribution in [2.45, 2.75) is 4.21 Å².